The lowest BCUT2D eigenvalue weighted by atomic mass is 9.82. The SMILES string of the molecule is CNC[C@](C)(CS)CC[C@@](C)(CS)NC. The molecule has 2 N–H and O–H groups in total. The van der Waals surface area contributed by atoms with Crippen molar-refractivity contribution in [1.29, 1.82) is 0 Å². The van der Waals surface area contributed by atoms with Gasteiger partial charge in [-0.15, -0.1) is 0 Å². The standard InChI is InChI=1S/C11H26N2S2/c1-10(8-14,7-12-3)5-6-11(2,9-15)13-4/h12-15H,5-9H2,1-4H3/t10-,11+/m1/s1. The quantitative estimate of drug-likeness (QED) is 0.494. The Bertz CT molecular complexity index is 172. The third kappa shape index (κ3) is 5.48. The van der Waals surface area contributed by atoms with Crippen LogP contribution in [0.15, 0.2) is 0 Å². The van der Waals surface area contributed by atoms with Crippen molar-refractivity contribution in [2.24, 2.45) is 5.41 Å². The number of hydrogen-bond donors (Lipinski definition) is 4. The lowest BCUT2D eigenvalue weighted by Crippen LogP contribution is -2.44. The van der Waals surface area contributed by atoms with Crippen molar-refractivity contribution in [2.75, 3.05) is 32.1 Å². The number of thiol groups is 2. The van der Waals surface area contributed by atoms with Gasteiger partial charge in [-0.2, -0.15) is 25.3 Å². The summed E-state index contributed by atoms with van der Waals surface area (Å²) in [5, 5.41) is 6.59. The number of hydrogen-bond acceptors (Lipinski definition) is 4. The van der Waals surface area contributed by atoms with Crippen molar-refractivity contribution in [3.05, 3.63) is 0 Å². The second kappa shape index (κ2) is 7.05. The fraction of sp³-hybridized carbons (Fsp3) is 1.00. The minimum Gasteiger partial charge on any atom is -0.319 e. The summed E-state index contributed by atoms with van der Waals surface area (Å²) >= 11 is 8.84. The van der Waals surface area contributed by atoms with Crippen molar-refractivity contribution in [3.8, 4) is 0 Å². The highest BCUT2D eigenvalue weighted by Gasteiger charge is 2.27. The van der Waals surface area contributed by atoms with Gasteiger partial charge in [0, 0.05) is 17.8 Å². The monoisotopic (exact) mass is 250 g/mol. The molecule has 0 aromatic heterocycles. The average Bonchev–Trinajstić information content (AvgIpc) is 2.26. The molecule has 0 rings (SSSR count). The predicted molar refractivity (Wildman–Crippen MR) is 76.4 cm³/mol. The fourth-order valence-corrected chi connectivity index (χ4v) is 2.10. The van der Waals surface area contributed by atoms with E-state index in [9.17, 15) is 0 Å². The van der Waals surface area contributed by atoms with E-state index in [1.54, 1.807) is 0 Å². The minimum absolute atomic E-state index is 0.140. The molecule has 0 aliphatic rings. The molecule has 0 saturated heterocycles. The molecule has 0 aromatic carbocycles. The van der Waals surface area contributed by atoms with Crippen LogP contribution >= 0.6 is 25.3 Å². The first-order valence-corrected chi connectivity index (χ1v) is 6.77. The second-order valence-corrected chi connectivity index (χ2v) is 5.60. The summed E-state index contributed by atoms with van der Waals surface area (Å²) in [6.45, 7) is 5.52. The molecule has 2 atom stereocenters. The molecule has 0 radical (unpaired) electrons. The van der Waals surface area contributed by atoms with Gasteiger partial charge in [0.25, 0.3) is 0 Å². The Balaban J connectivity index is 4.20. The van der Waals surface area contributed by atoms with Crippen LogP contribution in [-0.4, -0.2) is 37.7 Å². The van der Waals surface area contributed by atoms with E-state index in [4.69, 9.17) is 0 Å². The molecular weight excluding hydrogens is 224 g/mol. The zero-order chi connectivity index (χ0) is 11.9. The third-order valence-corrected chi connectivity index (χ3v) is 4.68. The fourth-order valence-electron chi connectivity index (χ4n) is 1.51. The van der Waals surface area contributed by atoms with Gasteiger partial charge in [0.1, 0.15) is 0 Å². The molecule has 0 aromatic rings. The Morgan fingerprint density at radius 2 is 1.60 bits per heavy atom. The summed E-state index contributed by atoms with van der Waals surface area (Å²) in [6.07, 6.45) is 2.29. The Morgan fingerprint density at radius 3 is 1.93 bits per heavy atom. The van der Waals surface area contributed by atoms with Crippen LogP contribution in [0.5, 0.6) is 0 Å². The lowest BCUT2D eigenvalue weighted by molar-refractivity contribution is 0.272. The van der Waals surface area contributed by atoms with Crippen LogP contribution < -0.4 is 10.6 Å². The molecule has 0 unspecified atom stereocenters. The van der Waals surface area contributed by atoms with Crippen molar-refractivity contribution in [1.82, 2.24) is 10.6 Å². The lowest BCUT2D eigenvalue weighted by Gasteiger charge is -2.34. The molecule has 0 bridgehead atoms. The highest BCUT2D eigenvalue weighted by Crippen LogP contribution is 2.28. The highest BCUT2D eigenvalue weighted by molar-refractivity contribution is 7.80. The van der Waals surface area contributed by atoms with E-state index >= 15 is 0 Å². The van der Waals surface area contributed by atoms with Crippen LogP contribution in [0.25, 0.3) is 0 Å². The first kappa shape index (κ1) is 15.6. The molecular formula is C11H26N2S2. The molecule has 15 heavy (non-hydrogen) atoms. The number of rotatable bonds is 8. The molecule has 0 aliphatic heterocycles. The molecule has 92 valence electrons. The van der Waals surface area contributed by atoms with Crippen LogP contribution in [0, 0.1) is 5.41 Å². The summed E-state index contributed by atoms with van der Waals surface area (Å²) in [6, 6.07) is 0. The third-order valence-electron chi connectivity index (χ3n) is 3.22. The van der Waals surface area contributed by atoms with Crippen molar-refractivity contribution in [3.63, 3.8) is 0 Å². The van der Waals surface area contributed by atoms with Crippen LogP contribution in [0.4, 0.5) is 0 Å². The van der Waals surface area contributed by atoms with E-state index in [-0.39, 0.29) is 11.0 Å². The zero-order valence-corrected chi connectivity index (χ0v) is 12.2. The van der Waals surface area contributed by atoms with E-state index in [0.717, 1.165) is 30.9 Å². The van der Waals surface area contributed by atoms with Crippen molar-refractivity contribution in [2.45, 2.75) is 32.2 Å². The first-order chi connectivity index (χ1) is 6.95. The normalized spacial score (nSPS) is 19.6. The first-order valence-electron chi connectivity index (χ1n) is 5.50. The zero-order valence-electron chi connectivity index (χ0n) is 10.4. The number of nitrogens with one attached hydrogen (secondary N) is 2. The van der Waals surface area contributed by atoms with Gasteiger partial charge in [0.15, 0.2) is 0 Å². The summed E-state index contributed by atoms with van der Waals surface area (Å²) in [4.78, 5) is 0. The molecule has 0 aliphatic carbocycles. The maximum Gasteiger partial charge on any atom is 0.0238 e. The Hall–Kier alpha value is 0.620. The van der Waals surface area contributed by atoms with E-state index in [2.05, 4.69) is 49.7 Å². The van der Waals surface area contributed by atoms with Crippen molar-refractivity contribution < 1.29 is 0 Å². The van der Waals surface area contributed by atoms with E-state index < -0.39 is 0 Å². The molecule has 0 fully saturated rings. The van der Waals surface area contributed by atoms with Gasteiger partial charge in [-0.25, -0.2) is 0 Å². The highest BCUT2D eigenvalue weighted by atomic mass is 32.1. The van der Waals surface area contributed by atoms with Gasteiger partial charge < -0.3 is 10.6 Å². The van der Waals surface area contributed by atoms with Crippen LogP contribution in [0.3, 0.4) is 0 Å². The molecule has 4 heteroatoms. The Morgan fingerprint density at radius 1 is 1.00 bits per heavy atom. The minimum atomic E-state index is 0.140. The van der Waals surface area contributed by atoms with Gasteiger partial charge in [0.2, 0.25) is 0 Å². The van der Waals surface area contributed by atoms with Gasteiger partial charge in [-0.05, 0) is 45.0 Å². The molecule has 2 nitrogen and oxygen atoms in total. The molecule has 0 heterocycles. The van der Waals surface area contributed by atoms with Gasteiger partial charge in [0.05, 0.1) is 0 Å². The van der Waals surface area contributed by atoms with Gasteiger partial charge >= 0.3 is 0 Å². The summed E-state index contributed by atoms with van der Waals surface area (Å²) in [5.41, 5.74) is 0.417. The summed E-state index contributed by atoms with van der Waals surface area (Å²) < 4.78 is 0. The van der Waals surface area contributed by atoms with Crippen LogP contribution in [0.1, 0.15) is 26.7 Å². The Kier molecular flexibility index (Phi) is 7.34. The molecule has 0 spiro atoms. The molecule has 0 saturated carbocycles. The second-order valence-electron chi connectivity index (χ2n) is 4.97. The van der Waals surface area contributed by atoms with E-state index in [0.29, 0.717) is 0 Å². The molecule has 0 amide bonds. The predicted octanol–water partition coefficient (Wildman–Crippen LogP) is 1.83. The Labute approximate surface area is 106 Å². The van der Waals surface area contributed by atoms with E-state index in [1.807, 2.05) is 14.1 Å². The van der Waals surface area contributed by atoms with E-state index in [1.165, 1.54) is 0 Å². The van der Waals surface area contributed by atoms with Crippen LogP contribution in [0.2, 0.25) is 0 Å². The summed E-state index contributed by atoms with van der Waals surface area (Å²) in [5.74, 6) is 1.78. The maximum atomic E-state index is 4.44. The largest absolute Gasteiger partial charge is 0.319 e. The van der Waals surface area contributed by atoms with Crippen LogP contribution in [-0.2, 0) is 0 Å². The average molecular weight is 250 g/mol. The van der Waals surface area contributed by atoms with Crippen molar-refractivity contribution >= 4 is 25.3 Å². The smallest absolute Gasteiger partial charge is 0.0238 e. The van der Waals surface area contributed by atoms with Gasteiger partial charge in [-0.3, -0.25) is 0 Å². The topological polar surface area (TPSA) is 24.1 Å². The van der Waals surface area contributed by atoms with Gasteiger partial charge in [-0.1, -0.05) is 6.92 Å². The summed E-state index contributed by atoms with van der Waals surface area (Å²) in [7, 11) is 4.00. The maximum absolute atomic E-state index is 4.44.